The van der Waals surface area contributed by atoms with E-state index in [1.165, 1.54) is 0 Å². The van der Waals surface area contributed by atoms with Gasteiger partial charge in [-0.15, -0.1) is 0 Å². The molecule has 4 nitrogen and oxygen atoms in total. The minimum absolute atomic E-state index is 0.0761. The Balaban J connectivity index is 2.46. The lowest BCUT2D eigenvalue weighted by Crippen LogP contribution is -2.31. The van der Waals surface area contributed by atoms with Gasteiger partial charge in [0.1, 0.15) is 6.10 Å². The number of benzene rings is 1. The summed E-state index contributed by atoms with van der Waals surface area (Å²) in [6, 6.07) is 7.06. The Kier molecular flexibility index (Phi) is 5.83. The molecular formula is C15H24N2O2. The molecule has 3 N–H and O–H groups in total. The number of hydrogen-bond donors (Lipinski definition) is 2. The average molecular weight is 264 g/mol. The van der Waals surface area contributed by atoms with Crippen molar-refractivity contribution in [3.8, 4) is 0 Å². The van der Waals surface area contributed by atoms with Crippen molar-refractivity contribution in [1.82, 2.24) is 0 Å². The summed E-state index contributed by atoms with van der Waals surface area (Å²) in [6.07, 6.45) is 0.554. The number of anilines is 2. The summed E-state index contributed by atoms with van der Waals surface area (Å²) in [7, 11) is 0. The van der Waals surface area contributed by atoms with Gasteiger partial charge in [-0.05, 0) is 50.5 Å². The Labute approximate surface area is 115 Å². The molecule has 0 spiro atoms. The summed E-state index contributed by atoms with van der Waals surface area (Å²) in [6.45, 7) is 8.04. The van der Waals surface area contributed by atoms with Gasteiger partial charge in [0, 0.05) is 11.4 Å². The second-order valence-electron chi connectivity index (χ2n) is 5.33. The Hall–Kier alpha value is -1.55. The van der Waals surface area contributed by atoms with Gasteiger partial charge < -0.3 is 15.8 Å². The zero-order chi connectivity index (χ0) is 14.4. The van der Waals surface area contributed by atoms with E-state index in [9.17, 15) is 4.79 Å². The van der Waals surface area contributed by atoms with Crippen LogP contribution >= 0.6 is 0 Å². The first-order valence-corrected chi connectivity index (χ1v) is 6.70. The molecule has 0 saturated carbocycles. The molecule has 0 aromatic heterocycles. The van der Waals surface area contributed by atoms with Gasteiger partial charge >= 0.3 is 0 Å². The first-order valence-electron chi connectivity index (χ1n) is 6.70. The number of ether oxygens (including phenoxy) is 1. The molecule has 0 saturated heterocycles. The number of nitrogens with one attached hydrogen (secondary N) is 1. The molecule has 0 radical (unpaired) electrons. The van der Waals surface area contributed by atoms with Gasteiger partial charge in [0.2, 0.25) is 0 Å². The fourth-order valence-corrected chi connectivity index (χ4v) is 1.94. The molecule has 2 unspecified atom stereocenters. The largest absolute Gasteiger partial charge is 0.399 e. The van der Waals surface area contributed by atoms with Crippen LogP contribution in [0.4, 0.5) is 11.4 Å². The van der Waals surface area contributed by atoms with Crippen LogP contribution < -0.4 is 11.1 Å². The van der Waals surface area contributed by atoms with E-state index >= 15 is 0 Å². The maximum absolute atomic E-state index is 12.0. The molecule has 0 aliphatic carbocycles. The molecule has 1 amide bonds. The number of carbonyl (C=O) groups excluding carboxylic acids is 1. The first kappa shape index (κ1) is 15.5. The molecule has 106 valence electrons. The van der Waals surface area contributed by atoms with E-state index in [2.05, 4.69) is 19.2 Å². The molecule has 4 heteroatoms. The van der Waals surface area contributed by atoms with E-state index < -0.39 is 6.10 Å². The number of hydrogen-bond acceptors (Lipinski definition) is 3. The van der Waals surface area contributed by atoms with Crippen LogP contribution in [0.5, 0.6) is 0 Å². The van der Waals surface area contributed by atoms with E-state index in [4.69, 9.17) is 10.5 Å². The lowest BCUT2D eigenvalue weighted by molar-refractivity contribution is -0.129. The van der Waals surface area contributed by atoms with Crippen LogP contribution in [0, 0.1) is 5.92 Å². The molecule has 0 aliphatic rings. The fraction of sp³-hybridized carbons (Fsp3) is 0.533. The number of amides is 1. The number of nitrogen functional groups attached to an aromatic ring is 1. The third-order valence-corrected chi connectivity index (χ3v) is 2.79. The Morgan fingerprint density at radius 2 is 1.79 bits per heavy atom. The molecule has 19 heavy (non-hydrogen) atoms. The maximum atomic E-state index is 12.0. The van der Waals surface area contributed by atoms with Gasteiger partial charge in [0.05, 0.1) is 6.10 Å². The molecule has 0 bridgehead atoms. The number of carbonyl (C=O) groups is 1. The molecule has 1 aromatic rings. The Morgan fingerprint density at radius 3 is 2.32 bits per heavy atom. The monoisotopic (exact) mass is 264 g/mol. The highest BCUT2D eigenvalue weighted by Gasteiger charge is 2.17. The van der Waals surface area contributed by atoms with Crippen LogP contribution in [0.25, 0.3) is 0 Å². The second-order valence-corrected chi connectivity index (χ2v) is 5.33. The van der Waals surface area contributed by atoms with Crippen molar-refractivity contribution in [1.29, 1.82) is 0 Å². The SMILES string of the molecule is CC(C)CC(C)OC(C)C(=O)Nc1ccc(N)cc1. The lowest BCUT2D eigenvalue weighted by atomic mass is 10.1. The molecule has 2 atom stereocenters. The van der Waals surface area contributed by atoms with E-state index in [0.29, 0.717) is 11.6 Å². The fourth-order valence-electron chi connectivity index (χ4n) is 1.94. The lowest BCUT2D eigenvalue weighted by Gasteiger charge is -2.20. The quantitative estimate of drug-likeness (QED) is 0.776. The van der Waals surface area contributed by atoms with Crippen molar-refractivity contribution in [3.63, 3.8) is 0 Å². The third-order valence-electron chi connectivity index (χ3n) is 2.79. The van der Waals surface area contributed by atoms with Crippen LogP contribution in [0.3, 0.4) is 0 Å². The summed E-state index contributed by atoms with van der Waals surface area (Å²) >= 11 is 0. The van der Waals surface area contributed by atoms with E-state index in [-0.39, 0.29) is 12.0 Å². The first-order chi connectivity index (χ1) is 8.88. The van der Waals surface area contributed by atoms with Crippen molar-refractivity contribution >= 4 is 17.3 Å². The summed E-state index contributed by atoms with van der Waals surface area (Å²) in [5.74, 6) is 0.419. The predicted octanol–water partition coefficient (Wildman–Crippen LogP) is 3.05. The van der Waals surface area contributed by atoms with Crippen LogP contribution in [0.2, 0.25) is 0 Å². The van der Waals surface area contributed by atoms with Gasteiger partial charge in [0.25, 0.3) is 5.91 Å². The summed E-state index contributed by atoms with van der Waals surface area (Å²) in [4.78, 5) is 12.0. The standard InChI is InChI=1S/C15H24N2O2/c1-10(2)9-11(3)19-12(4)15(18)17-14-7-5-13(16)6-8-14/h5-8,10-12H,9,16H2,1-4H3,(H,17,18). The topological polar surface area (TPSA) is 64.3 Å². The molecule has 0 aliphatic heterocycles. The molecule has 1 aromatic carbocycles. The highest BCUT2D eigenvalue weighted by Crippen LogP contribution is 2.13. The van der Waals surface area contributed by atoms with Crippen LogP contribution in [-0.2, 0) is 9.53 Å². The van der Waals surface area contributed by atoms with Crippen molar-refractivity contribution in [2.24, 2.45) is 5.92 Å². The van der Waals surface area contributed by atoms with Gasteiger partial charge in [0.15, 0.2) is 0 Å². The number of nitrogens with two attached hydrogens (primary N) is 1. The summed E-state index contributed by atoms with van der Waals surface area (Å²) < 4.78 is 5.68. The highest BCUT2D eigenvalue weighted by molar-refractivity contribution is 5.94. The van der Waals surface area contributed by atoms with Crippen LogP contribution in [0.1, 0.15) is 34.1 Å². The van der Waals surface area contributed by atoms with Crippen LogP contribution in [-0.4, -0.2) is 18.1 Å². The molecule has 0 heterocycles. The van der Waals surface area contributed by atoms with Crippen molar-refractivity contribution < 1.29 is 9.53 Å². The third kappa shape index (κ3) is 5.75. The Morgan fingerprint density at radius 1 is 1.21 bits per heavy atom. The molecule has 0 fully saturated rings. The van der Waals surface area contributed by atoms with E-state index in [0.717, 1.165) is 12.1 Å². The van der Waals surface area contributed by atoms with E-state index in [1.54, 1.807) is 31.2 Å². The van der Waals surface area contributed by atoms with Crippen molar-refractivity contribution in [2.75, 3.05) is 11.1 Å². The van der Waals surface area contributed by atoms with Gasteiger partial charge in [-0.25, -0.2) is 0 Å². The predicted molar refractivity (Wildman–Crippen MR) is 78.9 cm³/mol. The minimum atomic E-state index is -0.466. The van der Waals surface area contributed by atoms with Gasteiger partial charge in [-0.3, -0.25) is 4.79 Å². The average Bonchev–Trinajstić information content (AvgIpc) is 2.30. The maximum Gasteiger partial charge on any atom is 0.253 e. The Bertz CT molecular complexity index is 401. The molecular weight excluding hydrogens is 240 g/mol. The zero-order valence-corrected chi connectivity index (χ0v) is 12.1. The second kappa shape index (κ2) is 7.14. The number of rotatable bonds is 6. The highest BCUT2D eigenvalue weighted by atomic mass is 16.5. The zero-order valence-electron chi connectivity index (χ0n) is 12.1. The summed E-state index contributed by atoms with van der Waals surface area (Å²) in [5.41, 5.74) is 6.99. The normalized spacial score (nSPS) is 14.2. The van der Waals surface area contributed by atoms with Crippen molar-refractivity contribution in [3.05, 3.63) is 24.3 Å². The molecule has 1 rings (SSSR count). The van der Waals surface area contributed by atoms with Crippen LogP contribution in [0.15, 0.2) is 24.3 Å². The van der Waals surface area contributed by atoms with Crippen molar-refractivity contribution in [2.45, 2.75) is 46.3 Å². The smallest absolute Gasteiger partial charge is 0.253 e. The van der Waals surface area contributed by atoms with E-state index in [1.807, 2.05) is 6.92 Å². The van der Waals surface area contributed by atoms with Gasteiger partial charge in [-0.1, -0.05) is 13.8 Å². The van der Waals surface area contributed by atoms with Gasteiger partial charge in [-0.2, -0.15) is 0 Å². The summed E-state index contributed by atoms with van der Waals surface area (Å²) in [5, 5.41) is 2.81. The minimum Gasteiger partial charge on any atom is -0.399 e.